The van der Waals surface area contributed by atoms with E-state index < -0.39 is 6.10 Å². The lowest BCUT2D eigenvalue weighted by Gasteiger charge is -2.12. The first-order valence-electron chi connectivity index (χ1n) is 4.98. The van der Waals surface area contributed by atoms with E-state index in [0.29, 0.717) is 25.6 Å². The molecular formula is C10H21O2. The molecule has 0 aromatic carbocycles. The van der Waals surface area contributed by atoms with Crippen LogP contribution in [-0.4, -0.2) is 18.8 Å². The van der Waals surface area contributed by atoms with Gasteiger partial charge in [0.25, 0.3) is 0 Å². The SMILES string of the molecule is CCCC(C)OCCC([O])CC. The zero-order chi connectivity index (χ0) is 9.40. The lowest BCUT2D eigenvalue weighted by molar-refractivity contribution is 0.0112. The van der Waals surface area contributed by atoms with E-state index in [1.165, 1.54) is 0 Å². The highest BCUT2D eigenvalue weighted by Crippen LogP contribution is 2.03. The molecule has 0 N–H and O–H groups in total. The molecule has 0 rings (SSSR count). The van der Waals surface area contributed by atoms with E-state index in [-0.39, 0.29) is 0 Å². The second-order valence-corrected chi connectivity index (χ2v) is 3.29. The summed E-state index contributed by atoms with van der Waals surface area (Å²) in [4.78, 5) is 0. The largest absolute Gasteiger partial charge is 0.378 e. The molecule has 2 nitrogen and oxygen atoms in total. The Balaban J connectivity index is 3.18. The highest BCUT2D eigenvalue weighted by molar-refractivity contribution is 4.53. The van der Waals surface area contributed by atoms with Gasteiger partial charge in [-0.25, -0.2) is 5.11 Å². The molecular weight excluding hydrogens is 152 g/mol. The van der Waals surface area contributed by atoms with Gasteiger partial charge < -0.3 is 4.74 Å². The van der Waals surface area contributed by atoms with Gasteiger partial charge >= 0.3 is 0 Å². The molecule has 2 heteroatoms. The highest BCUT2D eigenvalue weighted by atomic mass is 16.5. The monoisotopic (exact) mass is 173 g/mol. The Bertz CT molecular complexity index is 93.8. The van der Waals surface area contributed by atoms with E-state index in [2.05, 4.69) is 13.8 Å². The molecule has 0 aliphatic heterocycles. The molecule has 0 fully saturated rings. The normalized spacial score (nSPS) is 16.0. The van der Waals surface area contributed by atoms with Crippen LogP contribution >= 0.6 is 0 Å². The van der Waals surface area contributed by atoms with Gasteiger partial charge in [0.05, 0.1) is 12.2 Å². The molecule has 0 heterocycles. The zero-order valence-electron chi connectivity index (χ0n) is 8.51. The lowest BCUT2D eigenvalue weighted by Crippen LogP contribution is -2.13. The molecule has 0 aromatic rings. The van der Waals surface area contributed by atoms with E-state index in [4.69, 9.17) is 4.74 Å². The van der Waals surface area contributed by atoms with Crippen LogP contribution in [0.15, 0.2) is 0 Å². The van der Waals surface area contributed by atoms with Crippen LogP contribution in [0.5, 0.6) is 0 Å². The Kier molecular flexibility index (Phi) is 7.51. The third kappa shape index (κ3) is 6.62. The molecule has 0 aliphatic carbocycles. The smallest absolute Gasteiger partial charge is 0.0949 e. The summed E-state index contributed by atoms with van der Waals surface area (Å²) in [6.45, 7) is 6.76. The van der Waals surface area contributed by atoms with Crippen LogP contribution < -0.4 is 0 Å². The Morgan fingerprint density at radius 2 is 1.92 bits per heavy atom. The molecule has 12 heavy (non-hydrogen) atoms. The van der Waals surface area contributed by atoms with Gasteiger partial charge in [0.2, 0.25) is 0 Å². The van der Waals surface area contributed by atoms with Crippen molar-refractivity contribution in [3.63, 3.8) is 0 Å². The minimum Gasteiger partial charge on any atom is -0.378 e. The number of hydrogen-bond donors (Lipinski definition) is 0. The van der Waals surface area contributed by atoms with Gasteiger partial charge in [0.15, 0.2) is 0 Å². The predicted molar refractivity (Wildman–Crippen MR) is 49.7 cm³/mol. The summed E-state index contributed by atoms with van der Waals surface area (Å²) in [7, 11) is 0. The Labute approximate surface area is 75.9 Å². The van der Waals surface area contributed by atoms with Crippen molar-refractivity contribution in [2.45, 2.75) is 58.7 Å². The maximum absolute atomic E-state index is 11.0. The number of rotatable bonds is 7. The van der Waals surface area contributed by atoms with Crippen LogP contribution in [0.4, 0.5) is 0 Å². The average molecular weight is 173 g/mol. The fraction of sp³-hybridized carbons (Fsp3) is 1.00. The third-order valence-corrected chi connectivity index (χ3v) is 1.99. The van der Waals surface area contributed by atoms with Crippen LogP contribution in [0.1, 0.15) is 46.5 Å². The quantitative estimate of drug-likeness (QED) is 0.582. The van der Waals surface area contributed by atoms with Crippen LogP contribution in [0.3, 0.4) is 0 Å². The maximum Gasteiger partial charge on any atom is 0.0949 e. The minimum atomic E-state index is -0.432. The van der Waals surface area contributed by atoms with Gasteiger partial charge in [0.1, 0.15) is 0 Å². The van der Waals surface area contributed by atoms with Crippen molar-refractivity contribution in [3.05, 3.63) is 0 Å². The van der Waals surface area contributed by atoms with Gasteiger partial charge in [-0.15, -0.1) is 0 Å². The molecule has 2 atom stereocenters. The van der Waals surface area contributed by atoms with Gasteiger partial charge in [-0.05, 0) is 19.8 Å². The van der Waals surface area contributed by atoms with E-state index >= 15 is 0 Å². The highest BCUT2D eigenvalue weighted by Gasteiger charge is 2.04. The first-order chi connectivity index (χ1) is 5.70. The van der Waals surface area contributed by atoms with Gasteiger partial charge in [-0.1, -0.05) is 20.3 Å². The van der Waals surface area contributed by atoms with Crippen molar-refractivity contribution in [1.82, 2.24) is 0 Å². The van der Waals surface area contributed by atoms with Crippen LogP contribution in [0.2, 0.25) is 0 Å². The fourth-order valence-electron chi connectivity index (χ4n) is 1.09. The van der Waals surface area contributed by atoms with Gasteiger partial charge in [0, 0.05) is 13.0 Å². The topological polar surface area (TPSA) is 29.1 Å². The second-order valence-electron chi connectivity index (χ2n) is 3.29. The number of ether oxygens (including phenoxy) is 1. The summed E-state index contributed by atoms with van der Waals surface area (Å²) in [6, 6.07) is 0. The van der Waals surface area contributed by atoms with Crippen molar-refractivity contribution in [1.29, 1.82) is 0 Å². The van der Waals surface area contributed by atoms with Crippen molar-refractivity contribution in [2.75, 3.05) is 6.61 Å². The average Bonchev–Trinajstić information content (AvgIpc) is 2.04. The van der Waals surface area contributed by atoms with E-state index in [9.17, 15) is 5.11 Å². The Morgan fingerprint density at radius 1 is 1.25 bits per heavy atom. The number of hydrogen-bond acceptors (Lipinski definition) is 1. The standard InChI is InChI=1S/C10H21O2/c1-4-6-9(3)12-8-7-10(11)5-2/h9-10H,4-8H2,1-3H3. The summed E-state index contributed by atoms with van der Waals surface area (Å²) in [5, 5.41) is 11.0. The molecule has 0 saturated carbocycles. The van der Waals surface area contributed by atoms with Crippen LogP contribution in [0, 0.1) is 0 Å². The van der Waals surface area contributed by atoms with Gasteiger partial charge in [-0.2, -0.15) is 0 Å². The summed E-state index contributed by atoms with van der Waals surface area (Å²) in [6.07, 6.45) is 3.50. The van der Waals surface area contributed by atoms with Crippen molar-refractivity contribution in [3.8, 4) is 0 Å². The van der Waals surface area contributed by atoms with E-state index in [1.54, 1.807) is 0 Å². The molecule has 0 amide bonds. The zero-order valence-corrected chi connectivity index (χ0v) is 8.51. The van der Waals surface area contributed by atoms with E-state index in [0.717, 1.165) is 12.8 Å². The Hall–Kier alpha value is -0.0800. The van der Waals surface area contributed by atoms with Crippen molar-refractivity contribution >= 4 is 0 Å². The molecule has 73 valence electrons. The Morgan fingerprint density at radius 3 is 2.42 bits per heavy atom. The molecule has 0 aliphatic rings. The summed E-state index contributed by atoms with van der Waals surface area (Å²) in [5.41, 5.74) is 0. The molecule has 2 unspecified atom stereocenters. The molecule has 0 aromatic heterocycles. The van der Waals surface area contributed by atoms with Gasteiger partial charge in [-0.3, -0.25) is 0 Å². The molecule has 0 bridgehead atoms. The minimum absolute atomic E-state index is 0.319. The lowest BCUT2D eigenvalue weighted by atomic mass is 10.2. The third-order valence-electron chi connectivity index (χ3n) is 1.99. The van der Waals surface area contributed by atoms with Crippen LogP contribution in [0.25, 0.3) is 0 Å². The van der Waals surface area contributed by atoms with Crippen molar-refractivity contribution < 1.29 is 9.84 Å². The first kappa shape index (κ1) is 11.9. The fourth-order valence-corrected chi connectivity index (χ4v) is 1.09. The second kappa shape index (κ2) is 7.56. The maximum atomic E-state index is 11.0. The summed E-state index contributed by atoms with van der Waals surface area (Å²) < 4.78 is 5.45. The first-order valence-corrected chi connectivity index (χ1v) is 4.98. The summed E-state index contributed by atoms with van der Waals surface area (Å²) in [5.74, 6) is 0. The molecule has 0 saturated heterocycles. The van der Waals surface area contributed by atoms with Crippen molar-refractivity contribution in [2.24, 2.45) is 0 Å². The summed E-state index contributed by atoms with van der Waals surface area (Å²) >= 11 is 0. The van der Waals surface area contributed by atoms with E-state index in [1.807, 2.05) is 6.92 Å². The predicted octanol–water partition coefficient (Wildman–Crippen LogP) is 2.79. The molecule has 1 radical (unpaired) electrons. The van der Waals surface area contributed by atoms with Crippen LogP contribution in [-0.2, 0) is 9.84 Å². The molecule has 0 spiro atoms.